The molecule has 0 saturated carbocycles. The lowest BCUT2D eigenvalue weighted by molar-refractivity contribution is -0.140. The largest absolute Gasteiger partial charge is 0.507 e. The quantitative estimate of drug-likeness (QED) is 0.204. The molecule has 0 aromatic heterocycles. The number of Topliss-reactive ketones (excluding diaryl/α,β-unsaturated/α-hetero) is 1. The van der Waals surface area contributed by atoms with Gasteiger partial charge in [0.05, 0.1) is 23.2 Å². The Morgan fingerprint density at radius 3 is 2.32 bits per heavy atom. The predicted octanol–water partition coefficient (Wildman–Crippen LogP) is 6.85. The fraction of sp³-hybridized carbons (Fsp3) is 0.290. The van der Waals surface area contributed by atoms with Gasteiger partial charge >= 0.3 is 0 Å². The Bertz CT molecular complexity index is 1390. The summed E-state index contributed by atoms with van der Waals surface area (Å²) in [5.74, 6) is -0.581. The maximum Gasteiger partial charge on any atom is 0.295 e. The highest BCUT2D eigenvalue weighted by Crippen LogP contribution is 2.42. The Kier molecular flexibility index (Phi) is 7.83. The lowest BCUT2D eigenvalue weighted by atomic mass is 9.94. The number of nitrogens with zero attached hydrogens (tertiary/aromatic N) is 1. The summed E-state index contributed by atoms with van der Waals surface area (Å²) in [7, 11) is 0. The second kappa shape index (κ2) is 10.9. The number of halogens is 1. The molecule has 1 fully saturated rings. The number of hydrogen-bond donors (Lipinski definition) is 1. The zero-order valence-electron chi connectivity index (χ0n) is 22.2. The Hall–Kier alpha value is -3.77. The lowest BCUT2D eigenvalue weighted by Crippen LogP contribution is -2.29. The molecule has 1 unspecified atom stereocenters. The van der Waals surface area contributed by atoms with Crippen molar-refractivity contribution in [1.29, 1.82) is 0 Å². The fourth-order valence-corrected chi connectivity index (χ4v) is 4.74. The van der Waals surface area contributed by atoms with E-state index in [1.165, 1.54) is 4.90 Å². The molecule has 1 aliphatic rings. The summed E-state index contributed by atoms with van der Waals surface area (Å²) in [4.78, 5) is 28.3. The van der Waals surface area contributed by atoms with E-state index in [1.54, 1.807) is 18.2 Å². The average Bonchev–Trinajstić information content (AvgIpc) is 3.10. The molecule has 1 atom stereocenters. The van der Waals surface area contributed by atoms with Crippen molar-refractivity contribution >= 4 is 29.1 Å². The monoisotopic (exact) mass is 533 g/mol. The molecule has 3 aromatic rings. The fourth-order valence-electron chi connectivity index (χ4n) is 4.53. The van der Waals surface area contributed by atoms with Crippen molar-refractivity contribution < 1.29 is 24.2 Å². The van der Waals surface area contributed by atoms with Crippen LogP contribution in [0.15, 0.2) is 72.3 Å². The summed E-state index contributed by atoms with van der Waals surface area (Å²) in [5, 5.41) is 11.7. The van der Waals surface area contributed by atoms with Crippen LogP contribution < -0.4 is 9.47 Å². The Balaban J connectivity index is 1.79. The minimum absolute atomic E-state index is 0.0103. The van der Waals surface area contributed by atoms with Gasteiger partial charge in [-0.3, -0.25) is 9.59 Å². The van der Waals surface area contributed by atoms with Crippen LogP contribution in [0.5, 0.6) is 11.5 Å². The average molecular weight is 534 g/mol. The number of aliphatic hydroxyl groups excluding tert-OH is 1. The summed E-state index contributed by atoms with van der Waals surface area (Å²) >= 11 is 6.43. The molecular formula is C31H32ClNO5. The molecule has 198 valence electrons. The van der Waals surface area contributed by atoms with Gasteiger partial charge in [0.1, 0.15) is 22.9 Å². The first-order chi connectivity index (χ1) is 18.0. The Labute approximate surface area is 228 Å². The van der Waals surface area contributed by atoms with E-state index in [0.717, 1.165) is 16.7 Å². The molecule has 1 N–H and O–H groups in total. The van der Waals surface area contributed by atoms with Crippen LogP contribution in [-0.4, -0.2) is 33.9 Å². The van der Waals surface area contributed by atoms with Crippen molar-refractivity contribution in [2.24, 2.45) is 0 Å². The Morgan fingerprint density at radius 2 is 1.68 bits per heavy atom. The third-order valence-corrected chi connectivity index (χ3v) is 6.43. The number of amides is 1. The summed E-state index contributed by atoms with van der Waals surface area (Å²) in [5.41, 5.74) is 2.39. The highest BCUT2D eigenvalue weighted by Gasteiger charge is 2.46. The van der Waals surface area contributed by atoms with E-state index in [9.17, 15) is 14.7 Å². The van der Waals surface area contributed by atoms with Crippen molar-refractivity contribution in [2.45, 2.75) is 52.8 Å². The molecule has 7 heteroatoms. The van der Waals surface area contributed by atoms with Crippen LogP contribution in [0.4, 0.5) is 0 Å². The van der Waals surface area contributed by atoms with Crippen molar-refractivity contribution in [3.63, 3.8) is 0 Å². The first kappa shape index (κ1) is 27.3. The van der Waals surface area contributed by atoms with Gasteiger partial charge in [-0.15, -0.1) is 0 Å². The van der Waals surface area contributed by atoms with E-state index in [0.29, 0.717) is 18.1 Å². The number of carbonyl (C=O) groups is 2. The SMILES string of the molecule is CCOc1ccc(Cl)c(/C(O)=C2\C(=O)C(=O)N(Cc3ccc(OC(C)(C)C)cc3)C2c2cccc(C)c2)c1. The number of likely N-dealkylation sites (tertiary alicyclic amines) is 1. The van der Waals surface area contributed by atoms with Crippen LogP contribution in [0.25, 0.3) is 5.76 Å². The molecule has 6 nitrogen and oxygen atoms in total. The van der Waals surface area contributed by atoms with Gasteiger partial charge in [-0.1, -0.05) is 53.6 Å². The molecule has 1 saturated heterocycles. The van der Waals surface area contributed by atoms with Crippen LogP contribution in [0.3, 0.4) is 0 Å². The van der Waals surface area contributed by atoms with E-state index in [-0.39, 0.29) is 34.1 Å². The second-order valence-electron chi connectivity index (χ2n) is 10.3. The van der Waals surface area contributed by atoms with Gasteiger partial charge in [0.25, 0.3) is 11.7 Å². The third kappa shape index (κ3) is 5.86. The summed E-state index contributed by atoms with van der Waals surface area (Å²) < 4.78 is 11.5. The number of aliphatic hydroxyl groups is 1. The van der Waals surface area contributed by atoms with Gasteiger partial charge in [-0.25, -0.2) is 0 Å². The number of ketones is 1. The molecule has 3 aromatic carbocycles. The van der Waals surface area contributed by atoms with E-state index in [1.807, 2.05) is 83.1 Å². The maximum atomic E-state index is 13.4. The molecular weight excluding hydrogens is 502 g/mol. The minimum Gasteiger partial charge on any atom is -0.507 e. The highest BCUT2D eigenvalue weighted by atomic mass is 35.5. The molecule has 0 aliphatic carbocycles. The first-order valence-electron chi connectivity index (χ1n) is 12.5. The van der Waals surface area contributed by atoms with Gasteiger partial charge in [-0.2, -0.15) is 0 Å². The molecule has 1 heterocycles. The lowest BCUT2D eigenvalue weighted by Gasteiger charge is -2.26. The Morgan fingerprint density at radius 1 is 1.00 bits per heavy atom. The second-order valence-corrected chi connectivity index (χ2v) is 10.7. The number of carbonyl (C=O) groups excluding carboxylic acids is 2. The normalized spacial score (nSPS) is 17.1. The molecule has 0 radical (unpaired) electrons. The summed E-state index contributed by atoms with van der Waals surface area (Å²) in [6.07, 6.45) is 0. The molecule has 4 rings (SSSR count). The van der Waals surface area contributed by atoms with Gasteiger partial charge in [0, 0.05) is 12.1 Å². The molecule has 38 heavy (non-hydrogen) atoms. The van der Waals surface area contributed by atoms with Crippen LogP contribution in [0, 0.1) is 6.92 Å². The minimum atomic E-state index is -0.799. The smallest absolute Gasteiger partial charge is 0.295 e. The zero-order valence-corrected chi connectivity index (χ0v) is 23.0. The van der Waals surface area contributed by atoms with Crippen LogP contribution in [0.2, 0.25) is 5.02 Å². The van der Waals surface area contributed by atoms with E-state index in [4.69, 9.17) is 21.1 Å². The van der Waals surface area contributed by atoms with Crippen LogP contribution >= 0.6 is 11.6 Å². The van der Waals surface area contributed by atoms with Gasteiger partial charge in [-0.05, 0) is 76.1 Å². The van der Waals surface area contributed by atoms with Gasteiger partial charge < -0.3 is 19.5 Å². The standard InChI is InChI=1S/C31H32ClNO5/c1-6-37-23-14-15-25(32)24(17-23)28(34)26-27(21-9-7-8-19(2)16-21)33(30(36)29(26)35)18-20-10-12-22(13-11-20)38-31(3,4)5/h7-17,27,34H,6,18H2,1-5H3/b28-26+. The maximum absolute atomic E-state index is 13.4. The van der Waals surface area contributed by atoms with Crippen molar-refractivity contribution in [3.8, 4) is 11.5 Å². The van der Waals surface area contributed by atoms with E-state index >= 15 is 0 Å². The summed E-state index contributed by atoms with van der Waals surface area (Å²) in [6.45, 7) is 10.3. The third-order valence-electron chi connectivity index (χ3n) is 6.10. The van der Waals surface area contributed by atoms with Crippen LogP contribution in [-0.2, 0) is 16.1 Å². The zero-order chi connectivity index (χ0) is 27.6. The topological polar surface area (TPSA) is 76.1 Å². The first-order valence-corrected chi connectivity index (χ1v) is 12.9. The number of aryl methyl sites for hydroxylation is 1. The highest BCUT2D eigenvalue weighted by molar-refractivity contribution is 6.47. The number of rotatable bonds is 7. The van der Waals surface area contributed by atoms with Crippen molar-refractivity contribution in [1.82, 2.24) is 4.90 Å². The molecule has 0 bridgehead atoms. The van der Waals surface area contributed by atoms with E-state index < -0.39 is 17.7 Å². The molecule has 1 aliphatic heterocycles. The summed E-state index contributed by atoms with van der Waals surface area (Å²) in [6, 6.07) is 19.1. The number of benzene rings is 3. The van der Waals surface area contributed by atoms with Crippen molar-refractivity contribution in [2.75, 3.05) is 6.61 Å². The van der Waals surface area contributed by atoms with E-state index in [2.05, 4.69) is 0 Å². The molecule has 0 spiro atoms. The predicted molar refractivity (Wildman–Crippen MR) is 148 cm³/mol. The number of hydrogen-bond acceptors (Lipinski definition) is 5. The van der Waals surface area contributed by atoms with Crippen molar-refractivity contribution in [3.05, 3.63) is 99.6 Å². The molecule has 1 amide bonds. The van der Waals surface area contributed by atoms with Crippen LogP contribution in [0.1, 0.15) is 56.0 Å². The number of ether oxygens (including phenoxy) is 2. The van der Waals surface area contributed by atoms with Gasteiger partial charge in [0.2, 0.25) is 0 Å². The van der Waals surface area contributed by atoms with Gasteiger partial charge in [0.15, 0.2) is 0 Å².